The molecule has 142 valence electrons. The van der Waals surface area contributed by atoms with Crippen LogP contribution in [0.4, 0.5) is 0 Å². The summed E-state index contributed by atoms with van der Waals surface area (Å²) >= 11 is 6.07. The Bertz CT molecular complexity index is 694. The molecule has 2 rings (SSSR count). The van der Waals surface area contributed by atoms with Gasteiger partial charge in [-0.25, -0.2) is 0 Å². The molecular weight excluding hydrogens is 354 g/mol. The van der Waals surface area contributed by atoms with Crippen molar-refractivity contribution in [2.24, 2.45) is 5.92 Å². The molecule has 1 aliphatic heterocycles. The standard InChI is InChI=1S/C19H26ClN3O3/c1-5-11(2)21-18(25)12(3)22-19(26)15-10-16(24)23(4)17(15)13-7-6-8-14(20)9-13/h6-9,11-12,15,17H,5,10H2,1-4H3,(H,21,25)(H,22,26). The summed E-state index contributed by atoms with van der Waals surface area (Å²) in [5, 5.41) is 6.14. The van der Waals surface area contributed by atoms with Crippen LogP contribution in [0.15, 0.2) is 24.3 Å². The van der Waals surface area contributed by atoms with Crippen molar-refractivity contribution in [2.75, 3.05) is 7.05 Å². The summed E-state index contributed by atoms with van der Waals surface area (Å²) < 4.78 is 0. The first-order valence-corrected chi connectivity index (χ1v) is 9.24. The molecule has 7 heteroatoms. The molecule has 1 heterocycles. The second-order valence-corrected chi connectivity index (χ2v) is 7.30. The number of carbonyl (C=O) groups is 3. The normalized spacial score (nSPS) is 22.0. The third-order valence-electron chi connectivity index (χ3n) is 4.87. The van der Waals surface area contributed by atoms with E-state index in [0.29, 0.717) is 5.02 Å². The lowest BCUT2D eigenvalue weighted by atomic mass is 9.92. The molecule has 0 spiro atoms. The molecule has 1 saturated heterocycles. The van der Waals surface area contributed by atoms with Gasteiger partial charge in [0.25, 0.3) is 0 Å². The third kappa shape index (κ3) is 4.55. The van der Waals surface area contributed by atoms with E-state index in [9.17, 15) is 14.4 Å². The second kappa shape index (κ2) is 8.54. The highest BCUT2D eigenvalue weighted by molar-refractivity contribution is 6.30. The molecule has 4 unspecified atom stereocenters. The number of carbonyl (C=O) groups excluding carboxylic acids is 3. The van der Waals surface area contributed by atoms with Crippen molar-refractivity contribution in [3.8, 4) is 0 Å². The number of benzene rings is 1. The molecule has 1 fully saturated rings. The quantitative estimate of drug-likeness (QED) is 0.795. The fraction of sp³-hybridized carbons (Fsp3) is 0.526. The molecule has 1 aromatic carbocycles. The Morgan fingerprint density at radius 1 is 1.31 bits per heavy atom. The van der Waals surface area contributed by atoms with Gasteiger partial charge in [-0.15, -0.1) is 0 Å². The average Bonchev–Trinajstić information content (AvgIpc) is 2.89. The molecule has 0 radical (unpaired) electrons. The van der Waals surface area contributed by atoms with Gasteiger partial charge in [-0.3, -0.25) is 14.4 Å². The van der Waals surface area contributed by atoms with Crippen LogP contribution < -0.4 is 10.6 Å². The first-order valence-electron chi connectivity index (χ1n) is 8.86. The zero-order valence-corrected chi connectivity index (χ0v) is 16.3. The van der Waals surface area contributed by atoms with Gasteiger partial charge in [0.05, 0.1) is 12.0 Å². The van der Waals surface area contributed by atoms with Crippen molar-refractivity contribution in [3.05, 3.63) is 34.9 Å². The molecule has 4 atom stereocenters. The van der Waals surface area contributed by atoms with Crippen LogP contribution >= 0.6 is 11.6 Å². The molecule has 0 bridgehead atoms. The summed E-state index contributed by atoms with van der Waals surface area (Å²) in [6, 6.07) is 6.14. The van der Waals surface area contributed by atoms with Crippen LogP contribution in [-0.4, -0.2) is 41.8 Å². The zero-order chi connectivity index (χ0) is 19.4. The SMILES string of the molecule is CCC(C)NC(=O)C(C)NC(=O)C1CC(=O)N(C)C1c1cccc(Cl)c1. The monoisotopic (exact) mass is 379 g/mol. The van der Waals surface area contributed by atoms with Gasteiger partial charge in [0.15, 0.2) is 0 Å². The Morgan fingerprint density at radius 3 is 2.62 bits per heavy atom. The number of halogens is 1. The maximum absolute atomic E-state index is 12.8. The van der Waals surface area contributed by atoms with Crippen LogP contribution in [0.25, 0.3) is 0 Å². The number of nitrogens with zero attached hydrogens (tertiary/aromatic N) is 1. The highest BCUT2D eigenvalue weighted by atomic mass is 35.5. The van der Waals surface area contributed by atoms with Crippen molar-refractivity contribution in [1.29, 1.82) is 0 Å². The topological polar surface area (TPSA) is 78.5 Å². The summed E-state index contributed by atoms with van der Waals surface area (Å²) in [4.78, 5) is 38.7. The molecule has 2 N–H and O–H groups in total. The highest BCUT2D eigenvalue weighted by Gasteiger charge is 2.43. The number of rotatable bonds is 6. The van der Waals surface area contributed by atoms with Crippen LogP contribution in [0.1, 0.15) is 45.2 Å². The van der Waals surface area contributed by atoms with E-state index in [1.54, 1.807) is 37.1 Å². The van der Waals surface area contributed by atoms with Crippen molar-refractivity contribution < 1.29 is 14.4 Å². The minimum Gasteiger partial charge on any atom is -0.352 e. The van der Waals surface area contributed by atoms with Gasteiger partial charge >= 0.3 is 0 Å². The molecule has 6 nitrogen and oxygen atoms in total. The molecule has 0 saturated carbocycles. The Morgan fingerprint density at radius 2 is 2.00 bits per heavy atom. The van der Waals surface area contributed by atoms with Crippen LogP contribution in [0.3, 0.4) is 0 Å². The van der Waals surface area contributed by atoms with Gasteiger partial charge in [0.2, 0.25) is 17.7 Å². The summed E-state index contributed by atoms with van der Waals surface area (Å²) in [5.74, 6) is -1.21. The Labute approximate surface area is 159 Å². The number of hydrogen-bond acceptors (Lipinski definition) is 3. The van der Waals surface area contributed by atoms with E-state index in [1.807, 2.05) is 19.9 Å². The summed E-state index contributed by atoms with van der Waals surface area (Å²) in [5.41, 5.74) is 0.808. The molecule has 0 aromatic heterocycles. The van der Waals surface area contributed by atoms with Gasteiger partial charge in [-0.1, -0.05) is 30.7 Å². The third-order valence-corrected chi connectivity index (χ3v) is 5.10. The summed E-state index contributed by atoms with van der Waals surface area (Å²) in [6.07, 6.45) is 0.921. The Kier molecular flexibility index (Phi) is 6.64. The van der Waals surface area contributed by atoms with Gasteiger partial charge in [-0.05, 0) is 38.0 Å². The summed E-state index contributed by atoms with van der Waals surface area (Å²) in [6.45, 7) is 5.53. The highest BCUT2D eigenvalue weighted by Crippen LogP contribution is 2.37. The largest absolute Gasteiger partial charge is 0.352 e. The van der Waals surface area contributed by atoms with Crippen LogP contribution in [0.5, 0.6) is 0 Å². The maximum Gasteiger partial charge on any atom is 0.242 e. The zero-order valence-electron chi connectivity index (χ0n) is 15.6. The Hall–Kier alpha value is -2.08. The predicted octanol–water partition coefficient (Wildman–Crippen LogP) is 2.28. The fourth-order valence-electron chi connectivity index (χ4n) is 3.11. The van der Waals surface area contributed by atoms with Crippen molar-refractivity contribution in [2.45, 2.75) is 51.7 Å². The number of likely N-dealkylation sites (tertiary alicyclic amines) is 1. The molecule has 3 amide bonds. The molecule has 0 aliphatic carbocycles. The van der Waals surface area contributed by atoms with Gasteiger partial charge < -0.3 is 15.5 Å². The van der Waals surface area contributed by atoms with Crippen molar-refractivity contribution in [3.63, 3.8) is 0 Å². The molecule has 26 heavy (non-hydrogen) atoms. The van der Waals surface area contributed by atoms with E-state index in [-0.39, 0.29) is 30.2 Å². The summed E-state index contributed by atoms with van der Waals surface area (Å²) in [7, 11) is 1.68. The number of hydrogen-bond donors (Lipinski definition) is 2. The van der Waals surface area contributed by atoms with Crippen LogP contribution in [-0.2, 0) is 14.4 Å². The lowest BCUT2D eigenvalue weighted by molar-refractivity contribution is -0.131. The Balaban J connectivity index is 2.13. The number of amides is 3. The van der Waals surface area contributed by atoms with E-state index in [4.69, 9.17) is 11.6 Å². The minimum absolute atomic E-state index is 0.0419. The molecule has 1 aliphatic rings. The second-order valence-electron chi connectivity index (χ2n) is 6.86. The van der Waals surface area contributed by atoms with E-state index in [2.05, 4.69) is 10.6 Å². The smallest absolute Gasteiger partial charge is 0.242 e. The maximum atomic E-state index is 12.8. The molecule has 1 aromatic rings. The lowest BCUT2D eigenvalue weighted by Gasteiger charge is -2.26. The van der Waals surface area contributed by atoms with E-state index < -0.39 is 18.0 Å². The first kappa shape index (κ1) is 20.2. The van der Waals surface area contributed by atoms with Crippen molar-refractivity contribution >= 4 is 29.3 Å². The minimum atomic E-state index is -0.669. The fourth-order valence-corrected chi connectivity index (χ4v) is 3.31. The van der Waals surface area contributed by atoms with E-state index in [1.165, 1.54) is 0 Å². The number of nitrogens with one attached hydrogen (secondary N) is 2. The average molecular weight is 380 g/mol. The van der Waals surface area contributed by atoms with E-state index in [0.717, 1.165) is 12.0 Å². The first-order chi connectivity index (χ1) is 12.2. The lowest BCUT2D eigenvalue weighted by Crippen LogP contribution is -2.49. The van der Waals surface area contributed by atoms with Gasteiger partial charge in [-0.2, -0.15) is 0 Å². The van der Waals surface area contributed by atoms with Gasteiger partial charge in [0.1, 0.15) is 6.04 Å². The van der Waals surface area contributed by atoms with Crippen molar-refractivity contribution in [1.82, 2.24) is 15.5 Å². The molecular formula is C19H26ClN3O3. The van der Waals surface area contributed by atoms with Gasteiger partial charge in [0, 0.05) is 24.5 Å². The van der Waals surface area contributed by atoms with E-state index >= 15 is 0 Å². The van der Waals surface area contributed by atoms with Crippen LogP contribution in [0.2, 0.25) is 5.02 Å². The van der Waals surface area contributed by atoms with Crippen LogP contribution in [0, 0.1) is 5.92 Å². The predicted molar refractivity (Wildman–Crippen MR) is 101 cm³/mol.